The summed E-state index contributed by atoms with van der Waals surface area (Å²) >= 11 is 0. The molecule has 1 aromatic carbocycles. The molecule has 1 N–H and O–H groups in total. The summed E-state index contributed by atoms with van der Waals surface area (Å²) in [6, 6.07) is 10.6. The van der Waals surface area contributed by atoms with E-state index in [0.717, 1.165) is 24.9 Å². The predicted molar refractivity (Wildman–Crippen MR) is 77.7 cm³/mol. The second-order valence-corrected chi connectivity index (χ2v) is 5.47. The van der Waals surface area contributed by atoms with Gasteiger partial charge in [-0.05, 0) is 32.3 Å². The van der Waals surface area contributed by atoms with Crippen molar-refractivity contribution < 1.29 is 0 Å². The first kappa shape index (κ1) is 13.7. The summed E-state index contributed by atoms with van der Waals surface area (Å²) < 4.78 is 0. The van der Waals surface area contributed by atoms with Gasteiger partial charge in [-0.15, -0.1) is 0 Å². The molecule has 0 aliphatic rings. The van der Waals surface area contributed by atoms with E-state index in [9.17, 15) is 0 Å². The van der Waals surface area contributed by atoms with Crippen LogP contribution in [0.2, 0.25) is 0 Å². The highest BCUT2D eigenvalue weighted by molar-refractivity contribution is 5.15. The molecule has 0 saturated carbocycles. The van der Waals surface area contributed by atoms with Gasteiger partial charge in [0.25, 0.3) is 0 Å². The number of benzene rings is 1. The zero-order valence-electron chi connectivity index (χ0n) is 11.6. The monoisotopic (exact) mass is 255 g/mol. The lowest BCUT2D eigenvalue weighted by molar-refractivity contribution is 0.360. The lowest BCUT2D eigenvalue weighted by Gasteiger charge is -2.26. The Kier molecular flexibility index (Phi) is 4.63. The quantitative estimate of drug-likeness (QED) is 0.862. The molecule has 1 heterocycles. The minimum Gasteiger partial charge on any atom is -0.308 e. The molecule has 19 heavy (non-hydrogen) atoms. The zero-order valence-corrected chi connectivity index (χ0v) is 11.6. The molecule has 3 heteroatoms. The number of nitrogens with zero attached hydrogens (tertiary/aromatic N) is 2. The first-order valence-corrected chi connectivity index (χ1v) is 6.69. The van der Waals surface area contributed by atoms with E-state index in [4.69, 9.17) is 0 Å². The molecule has 0 bridgehead atoms. The van der Waals surface area contributed by atoms with Crippen LogP contribution in [-0.4, -0.2) is 15.5 Å². The highest BCUT2D eigenvalue weighted by Gasteiger charge is 2.16. The SMILES string of the molecule is CC(C)(CCc1ccccc1)NCc1cncnc1. The maximum absolute atomic E-state index is 4.03. The Bertz CT molecular complexity index is 434. The fraction of sp³-hybridized carbons (Fsp3) is 0.375. The number of aromatic nitrogens is 2. The summed E-state index contributed by atoms with van der Waals surface area (Å²) in [7, 11) is 0. The van der Waals surface area contributed by atoms with Gasteiger partial charge in [0.1, 0.15) is 6.33 Å². The van der Waals surface area contributed by atoms with E-state index in [1.54, 1.807) is 6.33 Å². The Labute approximate surface area is 115 Å². The molecular weight excluding hydrogens is 234 g/mol. The van der Waals surface area contributed by atoms with Crippen LogP contribution in [0, 0.1) is 0 Å². The van der Waals surface area contributed by atoms with Gasteiger partial charge in [-0.1, -0.05) is 30.3 Å². The van der Waals surface area contributed by atoms with Gasteiger partial charge in [0.2, 0.25) is 0 Å². The molecule has 0 aliphatic carbocycles. The highest BCUT2D eigenvalue weighted by atomic mass is 15.0. The Morgan fingerprint density at radius 2 is 1.68 bits per heavy atom. The van der Waals surface area contributed by atoms with E-state index in [-0.39, 0.29) is 5.54 Å². The van der Waals surface area contributed by atoms with Gasteiger partial charge in [-0.25, -0.2) is 9.97 Å². The van der Waals surface area contributed by atoms with Gasteiger partial charge >= 0.3 is 0 Å². The second-order valence-electron chi connectivity index (χ2n) is 5.47. The topological polar surface area (TPSA) is 37.8 Å². The van der Waals surface area contributed by atoms with E-state index in [1.807, 2.05) is 12.4 Å². The molecule has 0 amide bonds. The third-order valence-corrected chi connectivity index (χ3v) is 3.27. The Morgan fingerprint density at radius 3 is 2.37 bits per heavy atom. The molecular formula is C16H21N3. The van der Waals surface area contributed by atoms with E-state index in [2.05, 4.69) is 59.5 Å². The van der Waals surface area contributed by atoms with Gasteiger partial charge in [0.05, 0.1) is 0 Å². The van der Waals surface area contributed by atoms with Crippen LogP contribution in [0.15, 0.2) is 49.1 Å². The second kappa shape index (κ2) is 6.43. The average molecular weight is 255 g/mol. The largest absolute Gasteiger partial charge is 0.308 e. The van der Waals surface area contributed by atoms with E-state index < -0.39 is 0 Å². The summed E-state index contributed by atoms with van der Waals surface area (Å²) in [6.07, 6.45) is 7.46. The van der Waals surface area contributed by atoms with Crippen molar-refractivity contribution in [1.29, 1.82) is 0 Å². The first-order chi connectivity index (χ1) is 9.16. The lowest BCUT2D eigenvalue weighted by Crippen LogP contribution is -2.39. The summed E-state index contributed by atoms with van der Waals surface area (Å²) in [5.74, 6) is 0. The maximum Gasteiger partial charge on any atom is 0.115 e. The van der Waals surface area contributed by atoms with Gasteiger partial charge in [-0.3, -0.25) is 0 Å². The summed E-state index contributed by atoms with van der Waals surface area (Å²) in [4.78, 5) is 8.06. The Balaban J connectivity index is 1.82. The van der Waals surface area contributed by atoms with E-state index in [1.165, 1.54) is 5.56 Å². The molecule has 2 aromatic rings. The highest BCUT2D eigenvalue weighted by Crippen LogP contribution is 2.14. The van der Waals surface area contributed by atoms with E-state index >= 15 is 0 Å². The van der Waals surface area contributed by atoms with Crippen molar-refractivity contribution in [2.45, 2.75) is 38.8 Å². The first-order valence-electron chi connectivity index (χ1n) is 6.69. The van der Waals surface area contributed by atoms with Crippen molar-refractivity contribution in [3.63, 3.8) is 0 Å². The number of hydrogen-bond acceptors (Lipinski definition) is 3. The van der Waals surface area contributed by atoms with Crippen LogP contribution < -0.4 is 5.32 Å². The predicted octanol–water partition coefficient (Wildman–Crippen LogP) is 2.98. The van der Waals surface area contributed by atoms with E-state index in [0.29, 0.717) is 0 Å². The Hall–Kier alpha value is -1.74. The van der Waals surface area contributed by atoms with Gasteiger partial charge < -0.3 is 5.32 Å². The molecule has 0 radical (unpaired) electrons. The molecule has 0 aliphatic heterocycles. The zero-order chi connectivity index (χ0) is 13.6. The van der Waals surface area contributed by atoms with Gasteiger partial charge in [-0.2, -0.15) is 0 Å². The molecule has 100 valence electrons. The van der Waals surface area contributed by atoms with Crippen molar-refractivity contribution in [2.75, 3.05) is 0 Å². The molecule has 0 atom stereocenters. The van der Waals surface area contributed by atoms with Crippen LogP contribution in [0.3, 0.4) is 0 Å². The number of hydrogen-bond donors (Lipinski definition) is 1. The van der Waals surface area contributed by atoms with Crippen LogP contribution in [0.4, 0.5) is 0 Å². The molecule has 0 unspecified atom stereocenters. The van der Waals surface area contributed by atoms with Crippen LogP contribution in [-0.2, 0) is 13.0 Å². The molecule has 2 rings (SSSR count). The van der Waals surface area contributed by atoms with Crippen molar-refractivity contribution in [2.24, 2.45) is 0 Å². The van der Waals surface area contributed by atoms with Crippen molar-refractivity contribution in [3.8, 4) is 0 Å². The summed E-state index contributed by atoms with van der Waals surface area (Å²) in [6.45, 7) is 5.28. The van der Waals surface area contributed by atoms with Crippen LogP contribution in [0.1, 0.15) is 31.4 Å². The Morgan fingerprint density at radius 1 is 1.00 bits per heavy atom. The smallest absolute Gasteiger partial charge is 0.115 e. The summed E-state index contributed by atoms with van der Waals surface area (Å²) in [5.41, 5.74) is 2.61. The molecule has 0 saturated heterocycles. The fourth-order valence-corrected chi connectivity index (χ4v) is 1.95. The van der Waals surface area contributed by atoms with Crippen molar-refractivity contribution >= 4 is 0 Å². The van der Waals surface area contributed by atoms with Crippen molar-refractivity contribution in [3.05, 3.63) is 60.2 Å². The van der Waals surface area contributed by atoms with Gasteiger partial charge in [0.15, 0.2) is 0 Å². The number of rotatable bonds is 6. The van der Waals surface area contributed by atoms with Crippen molar-refractivity contribution in [1.82, 2.24) is 15.3 Å². The standard InChI is InChI=1S/C16H21N3/c1-16(2,9-8-14-6-4-3-5-7-14)19-12-15-10-17-13-18-11-15/h3-7,10-11,13,19H,8-9,12H2,1-2H3. The van der Waals surface area contributed by atoms with Crippen LogP contribution in [0.25, 0.3) is 0 Å². The van der Waals surface area contributed by atoms with Crippen LogP contribution in [0.5, 0.6) is 0 Å². The molecule has 0 fully saturated rings. The number of aryl methyl sites for hydroxylation is 1. The van der Waals surface area contributed by atoms with Crippen LogP contribution >= 0.6 is 0 Å². The number of nitrogens with one attached hydrogen (secondary N) is 1. The normalized spacial score (nSPS) is 11.5. The summed E-state index contributed by atoms with van der Waals surface area (Å²) in [5, 5.41) is 3.57. The maximum atomic E-state index is 4.03. The average Bonchev–Trinajstić information content (AvgIpc) is 2.46. The minimum atomic E-state index is 0.103. The third kappa shape index (κ3) is 4.79. The minimum absolute atomic E-state index is 0.103. The molecule has 1 aromatic heterocycles. The fourth-order valence-electron chi connectivity index (χ4n) is 1.95. The third-order valence-electron chi connectivity index (χ3n) is 3.27. The lowest BCUT2D eigenvalue weighted by atomic mass is 9.95. The molecule has 0 spiro atoms. The van der Waals surface area contributed by atoms with Gasteiger partial charge in [0, 0.05) is 30.0 Å². The molecule has 3 nitrogen and oxygen atoms in total.